The number of ether oxygens (including phenoxy) is 1. The molecule has 0 aliphatic carbocycles. The minimum Gasteiger partial charge on any atom is -0.394 e. The molecule has 3 aliphatic heterocycles. The molecule has 8 nitrogen and oxygen atoms in total. The fraction of sp³-hybridized carbons (Fsp3) is 0.472. The Labute approximate surface area is 274 Å². The van der Waals surface area contributed by atoms with Crippen LogP contribution < -0.4 is 9.80 Å². The third kappa shape index (κ3) is 5.47. The molecule has 45 heavy (non-hydrogen) atoms. The van der Waals surface area contributed by atoms with E-state index >= 15 is 4.79 Å². The Morgan fingerprint density at radius 1 is 1.11 bits per heavy atom. The molecular formula is C36H44BrN3O5. The van der Waals surface area contributed by atoms with E-state index in [1.807, 2.05) is 76.2 Å². The number of benzene rings is 2. The van der Waals surface area contributed by atoms with Gasteiger partial charge >= 0.3 is 0 Å². The third-order valence-electron chi connectivity index (χ3n) is 9.97. The highest BCUT2D eigenvalue weighted by atomic mass is 79.9. The first-order valence-electron chi connectivity index (χ1n) is 15.8. The van der Waals surface area contributed by atoms with Crippen molar-refractivity contribution in [2.24, 2.45) is 17.8 Å². The van der Waals surface area contributed by atoms with Crippen LogP contribution in [0.25, 0.3) is 0 Å². The predicted molar refractivity (Wildman–Crippen MR) is 180 cm³/mol. The summed E-state index contributed by atoms with van der Waals surface area (Å²) >= 11 is 3.79. The van der Waals surface area contributed by atoms with Gasteiger partial charge in [0.25, 0.3) is 5.91 Å². The predicted octanol–water partition coefficient (Wildman–Crippen LogP) is 5.20. The lowest BCUT2D eigenvalue weighted by molar-refractivity contribution is -0.145. The monoisotopic (exact) mass is 677 g/mol. The summed E-state index contributed by atoms with van der Waals surface area (Å²) in [5, 5.41) is 10.7. The number of hydrogen-bond acceptors (Lipinski definition) is 5. The zero-order valence-electron chi connectivity index (χ0n) is 26.6. The minimum atomic E-state index is -1.26. The van der Waals surface area contributed by atoms with E-state index in [1.54, 1.807) is 26.9 Å². The molecule has 2 bridgehead atoms. The zero-order chi connectivity index (χ0) is 32.6. The number of nitrogens with zero attached hydrogens (tertiary/aromatic N) is 3. The molecular weight excluding hydrogens is 634 g/mol. The quantitative estimate of drug-likeness (QED) is 0.247. The van der Waals surface area contributed by atoms with Crippen LogP contribution >= 0.6 is 15.9 Å². The van der Waals surface area contributed by atoms with Crippen LogP contribution in [0.2, 0.25) is 0 Å². The van der Waals surface area contributed by atoms with Gasteiger partial charge in [0.05, 0.1) is 30.6 Å². The van der Waals surface area contributed by atoms with Crippen molar-refractivity contribution in [3.63, 3.8) is 0 Å². The Balaban J connectivity index is 1.66. The maximum Gasteiger partial charge on any atom is 0.253 e. The number of hydrogen-bond donors (Lipinski definition) is 1. The SMILES string of the molecule is C=CCN(C(=O)[C@H]1[C@H]2C(=O)N([C@@H](CO)[C@@H](C)CC)C(C(=O)N(CC=C)c3cc(C)ccc3C)C23CC(Br)[C@@H]1O3)c1ccccc1. The van der Waals surface area contributed by atoms with E-state index < -0.39 is 35.6 Å². The molecule has 2 aromatic carbocycles. The van der Waals surface area contributed by atoms with Crippen LogP contribution in [0.3, 0.4) is 0 Å². The Kier molecular flexibility index (Phi) is 9.73. The van der Waals surface area contributed by atoms with Gasteiger partial charge in [0.2, 0.25) is 11.8 Å². The van der Waals surface area contributed by atoms with Crippen molar-refractivity contribution in [1.29, 1.82) is 0 Å². The van der Waals surface area contributed by atoms with Crippen molar-refractivity contribution in [3.05, 3.63) is 85.0 Å². The molecule has 5 rings (SSSR count). The first-order chi connectivity index (χ1) is 21.6. The van der Waals surface area contributed by atoms with Crippen molar-refractivity contribution in [2.75, 3.05) is 29.5 Å². The summed E-state index contributed by atoms with van der Waals surface area (Å²) < 4.78 is 6.82. The van der Waals surface area contributed by atoms with E-state index in [1.165, 1.54) is 0 Å². The van der Waals surface area contributed by atoms with Crippen LogP contribution in [0.5, 0.6) is 0 Å². The molecule has 2 aromatic rings. The van der Waals surface area contributed by atoms with Gasteiger partial charge in [-0.2, -0.15) is 0 Å². The van der Waals surface area contributed by atoms with Gasteiger partial charge in [0, 0.05) is 29.3 Å². The number of para-hydroxylation sites is 1. The maximum atomic E-state index is 15.1. The lowest BCUT2D eigenvalue weighted by atomic mass is 9.70. The number of carbonyl (C=O) groups excluding carboxylic acids is 3. The molecule has 1 N–H and O–H groups in total. The largest absolute Gasteiger partial charge is 0.394 e. The van der Waals surface area contributed by atoms with Crippen LogP contribution in [0.1, 0.15) is 37.8 Å². The van der Waals surface area contributed by atoms with Gasteiger partial charge in [0.15, 0.2) is 0 Å². The smallest absolute Gasteiger partial charge is 0.253 e. The highest BCUT2D eigenvalue weighted by molar-refractivity contribution is 9.09. The van der Waals surface area contributed by atoms with Gasteiger partial charge in [-0.3, -0.25) is 14.4 Å². The molecule has 0 radical (unpaired) electrons. The molecule has 3 amide bonds. The summed E-state index contributed by atoms with van der Waals surface area (Å²) in [6.07, 6.45) is 3.80. The Hall–Kier alpha value is -3.27. The number of carbonyl (C=O) groups is 3. The number of anilines is 2. The normalized spacial score (nSPS) is 28.0. The van der Waals surface area contributed by atoms with Crippen molar-refractivity contribution in [2.45, 2.75) is 69.2 Å². The van der Waals surface area contributed by atoms with Crippen LogP contribution in [-0.2, 0) is 19.1 Å². The number of aliphatic hydroxyl groups is 1. The molecule has 3 fully saturated rings. The van der Waals surface area contributed by atoms with Crippen LogP contribution in [-0.4, -0.2) is 76.0 Å². The second-order valence-electron chi connectivity index (χ2n) is 12.6. The summed E-state index contributed by atoms with van der Waals surface area (Å²) in [6, 6.07) is 13.6. The van der Waals surface area contributed by atoms with E-state index in [-0.39, 0.29) is 48.2 Å². The molecule has 3 saturated heterocycles. The Morgan fingerprint density at radius 3 is 2.40 bits per heavy atom. The summed E-state index contributed by atoms with van der Waals surface area (Å²) in [6.45, 7) is 15.9. The Bertz CT molecular complexity index is 1470. The number of likely N-dealkylation sites (tertiary alicyclic amines) is 1. The van der Waals surface area contributed by atoms with Crippen LogP contribution in [0.4, 0.5) is 11.4 Å². The highest BCUT2D eigenvalue weighted by Crippen LogP contribution is 2.61. The lowest BCUT2D eigenvalue weighted by Gasteiger charge is -2.41. The van der Waals surface area contributed by atoms with E-state index in [0.29, 0.717) is 18.5 Å². The van der Waals surface area contributed by atoms with E-state index in [4.69, 9.17) is 4.74 Å². The fourth-order valence-corrected chi connectivity index (χ4v) is 8.58. The van der Waals surface area contributed by atoms with Gasteiger partial charge in [-0.1, -0.05) is 78.7 Å². The van der Waals surface area contributed by atoms with Gasteiger partial charge < -0.3 is 24.5 Å². The Morgan fingerprint density at radius 2 is 1.78 bits per heavy atom. The average molecular weight is 679 g/mol. The van der Waals surface area contributed by atoms with Crippen molar-refractivity contribution in [1.82, 2.24) is 4.90 Å². The highest BCUT2D eigenvalue weighted by Gasteiger charge is 2.77. The van der Waals surface area contributed by atoms with E-state index in [2.05, 4.69) is 29.1 Å². The van der Waals surface area contributed by atoms with Gasteiger partial charge in [-0.25, -0.2) is 0 Å². The number of aryl methyl sites for hydroxylation is 2. The first-order valence-corrected chi connectivity index (χ1v) is 16.7. The van der Waals surface area contributed by atoms with Crippen LogP contribution in [0.15, 0.2) is 73.8 Å². The van der Waals surface area contributed by atoms with E-state index in [0.717, 1.165) is 16.8 Å². The van der Waals surface area contributed by atoms with Crippen molar-refractivity contribution < 1.29 is 24.2 Å². The number of alkyl halides is 1. The minimum absolute atomic E-state index is 0.106. The van der Waals surface area contributed by atoms with Crippen LogP contribution in [0, 0.1) is 31.6 Å². The standard InChI is InChI=1S/C36H44BrN3O5/c1-7-17-38(25-13-11-10-12-14-25)33(42)29-30-34(43)40(28(21-41)23(5)9-3)32(36(30)20-26(37)31(29)45-36)35(44)39(18-8-2)27-19-22(4)15-16-24(27)6/h7-8,10-16,19,23,26,28-32,41H,1-2,9,17-18,20-21H2,3-6H3/t23-,26?,28-,29-,30-,31-,32?,36?/m0/s1. The fourth-order valence-electron chi connectivity index (χ4n) is 7.63. The third-order valence-corrected chi connectivity index (χ3v) is 10.8. The van der Waals surface area contributed by atoms with E-state index in [9.17, 15) is 14.7 Å². The zero-order valence-corrected chi connectivity index (χ0v) is 28.2. The second-order valence-corrected chi connectivity index (χ2v) is 13.8. The molecule has 1 spiro atoms. The number of amides is 3. The summed E-state index contributed by atoms with van der Waals surface area (Å²) in [7, 11) is 0. The van der Waals surface area contributed by atoms with Crippen molar-refractivity contribution in [3.8, 4) is 0 Å². The number of rotatable bonds is 12. The number of halogens is 1. The summed E-state index contributed by atoms with van der Waals surface area (Å²) in [5.41, 5.74) is 2.07. The molecule has 3 unspecified atom stereocenters. The van der Waals surface area contributed by atoms with Gasteiger partial charge in [0.1, 0.15) is 11.6 Å². The molecule has 3 aliphatic rings. The molecule has 9 heteroatoms. The second kappa shape index (κ2) is 13.2. The lowest BCUT2D eigenvalue weighted by Crippen LogP contribution is -2.60. The maximum absolute atomic E-state index is 15.1. The average Bonchev–Trinajstić information content (AvgIpc) is 3.63. The molecule has 8 atom stereocenters. The molecule has 0 saturated carbocycles. The number of aliphatic hydroxyl groups excluding tert-OH is 1. The van der Waals surface area contributed by atoms with Gasteiger partial charge in [-0.05, 0) is 55.5 Å². The van der Waals surface area contributed by atoms with Gasteiger partial charge in [-0.15, -0.1) is 13.2 Å². The first kappa shape index (κ1) is 33.1. The topological polar surface area (TPSA) is 90.4 Å². The molecule has 3 heterocycles. The summed E-state index contributed by atoms with van der Waals surface area (Å²) in [5.74, 6) is -2.70. The van der Waals surface area contributed by atoms with Crippen molar-refractivity contribution >= 4 is 45.0 Å². The number of fused-ring (bicyclic) bond motifs is 1. The molecule has 240 valence electrons. The molecule has 0 aromatic heterocycles. The summed E-state index contributed by atoms with van der Waals surface area (Å²) in [4.78, 5) is 49.1.